The maximum Gasteiger partial charge on any atom is 0.316 e. The lowest BCUT2D eigenvalue weighted by molar-refractivity contribution is 0.236. The zero-order valence-corrected chi connectivity index (χ0v) is 21.3. The van der Waals surface area contributed by atoms with Gasteiger partial charge in [0.1, 0.15) is 0 Å². The van der Waals surface area contributed by atoms with Crippen molar-refractivity contribution in [2.24, 2.45) is 5.73 Å². The van der Waals surface area contributed by atoms with Gasteiger partial charge in [-0.05, 0) is 12.8 Å². The third kappa shape index (κ3) is 25.4. The van der Waals surface area contributed by atoms with Crippen molar-refractivity contribution in [3.63, 3.8) is 0 Å². The molecule has 0 bridgehead atoms. The minimum Gasteiger partial charge on any atom is -0.338 e. The summed E-state index contributed by atoms with van der Waals surface area (Å²) in [6.07, 6.45) is 28.7. The Morgan fingerprint density at radius 2 is 0.935 bits per heavy atom. The largest absolute Gasteiger partial charge is 0.338 e. The molecule has 0 fully saturated rings. The van der Waals surface area contributed by atoms with Gasteiger partial charge in [-0.25, -0.2) is 4.79 Å². The lowest BCUT2D eigenvalue weighted by atomic mass is 10.0. The number of urea groups is 1. The molecule has 0 radical (unpaired) electrons. The van der Waals surface area contributed by atoms with Gasteiger partial charge >= 0.3 is 6.03 Å². The van der Waals surface area contributed by atoms with Crippen molar-refractivity contribution in [3.8, 4) is 0 Å². The van der Waals surface area contributed by atoms with Crippen molar-refractivity contribution < 1.29 is 4.79 Å². The van der Waals surface area contributed by atoms with Crippen molar-refractivity contribution in [1.82, 2.24) is 10.6 Å². The Kier molecular flexibility index (Phi) is 24.9. The molecule has 4 heteroatoms. The number of carbonyl (C=O) groups excluding carboxylic acids is 1. The highest BCUT2D eigenvalue weighted by atomic mass is 16.2. The van der Waals surface area contributed by atoms with E-state index in [1.165, 1.54) is 122 Å². The lowest BCUT2D eigenvalue weighted by Gasteiger charge is -2.14. The van der Waals surface area contributed by atoms with Gasteiger partial charge < -0.3 is 16.4 Å². The van der Waals surface area contributed by atoms with Gasteiger partial charge in [0.05, 0.1) is 6.17 Å². The molecule has 31 heavy (non-hydrogen) atoms. The Morgan fingerprint density at radius 3 is 1.35 bits per heavy atom. The van der Waals surface area contributed by atoms with Gasteiger partial charge in [0, 0.05) is 6.54 Å². The van der Waals surface area contributed by atoms with Crippen LogP contribution in [0.5, 0.6) is 0 Å². The fourth-order valence-electron chi connectivity index (χ4n) is 4.13. The molecule has 186 valence electrons. The third-order valence-electron chi connectivity index (χ3n) is 6.25. The number of carbonyl (C=O) groups is 1. The monoisotopic (exact) mass is 439 g/mol. The Bertz CT molecular complexity index is 362. The summed E-state index contributed by atoms with van der Waals surface area (Å²) in [4.78, 5) is 11.8. The van der Waals surface area contributed by atoms with Crippen LogP contribution in [0.4, 0.5) is 4.79 Å². The Labute approximate surface area is 195 Å². The highest BCUT2D eigenvalue weighted by molar-refractivity contribution is 5.74. The van der Waals surface area contributed by atoms with Crippen LogP contribution >= 0.6 is 0 Å². The smallest absolute Gasteiger partial charge is 0.316 e. The molecule has 0 rings (SSSR count). The number of nitrogens with two attached hydrogens (primary N) is 1. The maximum absolute atomic E-state index is 11.8. The highest BCUT2D eigenvalue weighted by Gasteiger charge is 2.06. The second kappa shape index (κ2) is 25.5. The van der Waals surface area contributed by atoms with Crippen LogP contribution in [0.3, 0.4) is 0 Å². The van der Waals surface area contributed by atoms with Crippen LogP contribution in [0.15, 0.2) is 0 Å². The molecule has 0 saturated carbocycles. The van der Waals surface area contributed by atoms with Crippen LogP contribution in [0.25, 0.3) is 0 Å². The highest BCUT2D eigenvalue weighted by Crippen LogP contribution is 2.13. The summed E-state index contributed by atoms with van der Waals surface area (Å²) in [5, 5.41) is 5.80. The van der Waals surface area contributed by atoms with E-state index in [0.29, 0.717) is 0 Å². The summed E-state index contributed by atoms with van der Waals surface area (Å²) >= 11 is 0. The molecule has 2 amide bonds. The number of hydrogen-bond acceptors (Lipinski definition) is 2. The van der Waals surface area contributed by atoms with Crippen molar-refractivity contribution in [1.29, 1.82) is 0 Å². The van der Waals surface area contributed by atoms with E-state index in [9.17, 15) is 4.79 Å². The summed E-state index contributed by atoms with van der Waals surface area (Å²) in [6.45, 7) is 5.26. The minimum absolute atomic E-state index is 0.109. The van der Waals surface area contributed by atoms with E-state index in [4.69, 9.17) is 5.73 Å². The van der Waals surface area contributed by atoms with Crippen molar-refractivity contribution in [3.05, 3.63) is 0 Å². The van der Waals surface area contributed by atoms with Crippen molar-refractivity contribution >= 4 is 6.03 Å². The molecule has 4 nitrogen and oxygen atoms in total. The standard InChI is InChI=1S/C27H57N3O/c1-3-5-7-9-10-11-12-13-14-15-16-17-18-19-21-23-25-29-27(31)30-26(28)24-22-20-8-6-4-2/h26H,3-25,28H2,1-2H3,(H2,29,30,31). The number of amides is 2. The topological polar surface area (TPSA) is 67.2 Å². The molecule has 1 unspecified atom stereocenters. The van der Waals surface area contributed by atoms with Crippen LogP contribution in [0.1, 0.15) is 155 Å². The van der Waals surface area contributed by atoms with Gasteiger partial charge in [-0.1, -0.05) is 142 Å². The molecule has 0 spiro atoms. The molecule has 0 heterocycles. The first-order chi connectivity index (χ1) is 15.2. The maximum atomic E-state index is 11.8. The molecule has 0 aromatic carbocycles. The van der Waals surface area contributed by atoms with E-state index >= 15 is 0 Å². The van der Waals surface area contributed by atoms with E-state index in [1.54, 1.807) is 0 Å². The molecule has 0 aliphatic heterocycles. The summed E-state index contributed by atoms with van der Waals surface area (Å²) in [6, 6.07) is -0.109. The number of unbranched alkanes of at least 4 members (excludes halogenated alkanes) is 19. The number of hydrogen-bond donors (Lipinski definition) is 3. The van der Waals surface area contributed by atoms with Crippen LogP contribution < -0.4 is 16.4 Å². The Balaban J connectivity index is 3.22. The minimum atomic E-state index is -0.215. The van der Waals surface area contributed by atoms with E-state index in [0.717, 1.165) is 25.8 Å². The third-order valence-corrected chi connectivity index (χ3v) is 6.25. The Hall–Kier alpha value is -0.770. The van der Waals surface area contributed by atoms with E-state index in [-0.39, 0.29) is 12.2 Å². The predicted octanol–water partition coefficient (Wildman–Crippen LogP) is 8.19. The fraction of sp³-hybridized carbons (Fsp3) is 0.963. The average molecular weight is 440 g/mol. The van der Waals surface area contributed by atoms with Gasteiger partial charge in [-0.15, -0.1) is 0 Å². The molecule has 0 aromatic rings. The Morgan fingerprint density at radius 1 is 0.581 bits per heavy atom. The second-order valence-electron chi connectivity index (χ2n) is 9.51. The molecule has 4 N–H and O–H groups in total. The second-order valence-corrected chi connectivity index (χ2v) is 9.51. The SMILES string of the molecule is CCCCCCCCCCCCCCCCCCNC(=O)NC(N)CCCCCCC. The van der Waals surface area contributed by atoms with Crippen molar-refractivity contribution in [2.75, 3.05) is 6.54 Å². The quantitative estimate of drug-likeness (QED) is 0.105. The summed E-state index contributed by atoms with van der Waals surface area (Å²) < 4.78 is 0. The zero-order chi connectivity index (χ0) is 22.8. The lowest BCUT2D eigenvalue weighted by Crippen LogP contribution is -2.46. The van der Waals surface area contributed by atoms with Gasteiger partial charge in [-0.2, -0.15) is 0 Å². The first-order valence-corrected chi connectivity index (χ1v) is 14.0. The van der Waals surface area contributed by atoms with Gasteiger partial charge in [0.25, 0.3) is 0 Å². The summed E-state index contributed by atoms with van der Waals surface area (Å²) in [5.74, 6) is 0. The fourth-order valence-corrected chi connectivity index (χ4v) is 4.13. The van der Waals surface area contributed by atoms with Crippen LogP contribution in [-0.4, -0.2) is 18.7 Å². The van der Waals surface area contributed by atoms with Gasteiger partial charge in [0.15, 0.2) is 0 Å². The summed E-state index contributed by atoms with van der Waals surface area (Å²) in [5.41, 5.74) is 5.98. The van der Waals surface area contributed by atoms with E-state index < -0.39 is 0 Å². The van der Waals surface area contributed by atoms with Gasteiger partial charge in [0.2, 0.25) is 0 Å². The van der Waals surface area contributed by atoms with E-state index in [1.807, 2.05) is 0 Å². The zero-order valence-electron chi connectivity index (χ0n) is 21.3. The average Bonchev–Trinajstić information content (AvgIpc) is 2.75. The molecule has 0 aliphatic carbocycles. The summed E-state index contributed by atoms with van der Waals surface area (Å²) in [7, 11) is 0. The van der Waals surface area contributed by atoms with Crippen molar-refractivity contribution in [2.45, 2.75) is 161 Å². The molecule has 0 aromatic heterocycles. The van der Waals surface area contributed by atoms with E-state index in [2.05, 4.69) is 24.5 Å². The number of nitrogens with one attached hydrogen (secondary N) is 2. The van der Waals surface area contributed by atoms with Crippen LogP contribution in [0.2, 0.25) is 0 Å². The first-order valence-electron chi connectivity index (χ1n) is 14.0. The van der Waals surface area contributed by atoms with Gasteiger partial charge in [-0.3, -0.25) is 0 Å². The predicted molar refractivity (Wildman–Crippen MR) is 137 cm³/mol. The normalized spacial score (nSPS) is 12.1. The molecule has 0 saturated heterocycles. The molecular weight excluding hydrogens is 382 g/mol. The first kappa shape index (κ1) is 30.2. The van der Waals surface area contributed by atoms with Crippen LogP contribution in [-0.2, 0) is 0 Å². The molecular formula is C27H57N3O. The molecule has 1 atom stereocenters. The number of rotatable bonds is 24. The van der Waals surface area contributed by atoms with Crippen LogP contribution in [0, 0.1) is 0 Å². The molecule has 0 aliphatic rings.